The van der Waals surface area contributed by atoms with Gasteiger partial charge in [-0.15, -0.1) is 0 Å². The molecule has 0 atom stereocenters. The van der Waals surface area contributed by atoms with E-state index in [2.05, 4.69) is 31.0 Å². The van der Waals surface area contributed by atoms with Gasteiger partial charge in [0.25, 0.3) is 0 Å². The molecule has 0 aliphatic carbocycles. The fraction of sp³-hybridized carbons (Fsp3) is 1.00. The van der Waals surface area contributed by atoms with Crippen LogP contribution in [0.1, 0.15) is 13.3 Å². The molecule has 0 spiro atoms. The number of ether oxygens (including phenoxy) is 1. The number of hydrogen-bond donors (Lipinski definition) is 0. The molecular weight excluding hydrogens is 140 g/mol. The molecule has 0 aromatic carbocycles. The maximum Gasteiger partial charge on any atom is 0.0603 e. The topological polar surface area (TPSA) is 15.7 Å². The molecule has 0 aliphatic rings. The Kier molecular flexibility index (Phi) is 6.51. The normalized spacial score (nSPS) is 11.5. The molecule has 0 saturated heterocycles. The fourth-order valence-electron chi connectivity index (χ4n) is 0.967. The Morgan fingerprint density at radius 1 is 1.18 bits per heavy atom. The zero-order valence-corrected chi connectivity index (χ0v) is 8.13. The Bertz CT molecular complexity index is 86.2. The summed E-state index contributed by atoms with van der Waals surface area (Å²) in [7, 11) is 5.86. The van der Waals surface area contributed by atoms with E-state index < -0.39 is 0 Å². The first-order valence-electron chi connectivity index (χ1n) is 4.13. The molecular formula is C8H20N2O. The Labute approximate surface area is 69.9 Å². The summed E-state index contributed by atoms with van der Waals surface area (Å²) in [6.07, 6.45) is 1.18. The molecule has 0 heterocycles. The molecule has 0 fully saturated rings. The lowest BCUT2D eigenvalue weighted by atomic mass is 10.4. The molecule has 3 nitrogen and oxygen atoms in total. The first kappa shape index (κ1) is 10.9. The molecule has 0 unspecified atom stereocenters. The van der Waals surface area contributed by atoms with Crippen molar-refractivity contribution in [3.8, 4) is 0 Å². The summed E-state index contributed by atoms with van der Waals surface area (Å²) in [6.45, 7) is 5.08. The van der Waals surface area contributed by atoms with Gasteiger partial charge in [-0.05, 0) is 6.42 Å². The summed E-state index contributed by atoms with van der Waals surface area (Å²) in [6, 6.07) is 0. The van der Waals surface area contributed by atoms with Crippen LogP contribution in [0, 0.1) is 0 Å². The highest BCUT2D eigenvalue weighted by Gasteiger charge is 2.03. The Morgan fingerprint density at radius 2 is 1.82 bits per heavy atom. The summed E-state index contributed by atoms with van der Waals surface area (Å²) in [5.74, 6) is 0. The minimum atomic E-state index is 0.804. The average Bonchev–Trinajstić information content (AvgIpc) is 1.97. The fourth-order valence-corrected chi connectivity index (χ4v) is 0.967. The molecule has 0 aliphatic heterocycles. The van der Waals surface area contributed by atoms with Gasteiger partial charge in [-0.2, -0.15) is 0 Å². The van der Waals surface area contributed by atoms with Crippen molar-refractivity contribution in [2.75, 3.05) is 40.9 Å². The van der Waals surface area contributed by atoms with Crippen LogP contribution in [-0.2, 0) is 4.74 Å². The second-order valence-corrected chi connectivity index (χ2v) is 2.79. The van der Waals surface area contributed by atoms with E-state index in [0.29, 0.717) is 0 Å². The third-order valence-corrected chi connectivity index (χ3v) is 1.60. The number of rotatable bonds is 6. The van der Waals surface area contributed by atoms with Crippen LogP contribution < -0.4 is 0 Å². The summed E-state index contributed by atoms with van der Waals surface area (Å²) >= 11 is 0. The monoisotopic (exact) mass is 160 g/mol. The molecule has 0 aromatic heterocycles. The molecule has 0 N–H and O–H groups in total. The van der Waals surface area contributed by atoms with Crippen LogP contribution in [0.5, 0.6) is 0 Å². The lowest BCUT2D eigenvalue weighted by Crippen LogP contribution is -2.39. The van der Waals surface area contributed by atoms with Crippen molar-refractivity contribution in [1.29, 1.82) is 0 Å². The molecule has 11 heavy (non-hydrogen) atoms. The molecule has 0 aromatic rings. The Balaban J connectivity index is 3.51. The zero-order valence-electron chi connectivity index (χ0n) is 8.13. The van der Waals surface area contributed by atoms with Gasteiger partial charge < -0.3 is 4.74 Å². The average molecular weight is 160 g/mol. The van der Waals surface area contributed by atoms with E-state index in [1.807, 2.05) is 0 Å². The summed E-state index contributed by atoms with van der Waals surface area (Å²) < 4.78 is 5.00. The van der Waals surface area contributed by atoms with E-state index in [1.54, 1.807) is 7.11 Å². The second-order valence-electron chi connectivity index (χ2n) is 2.79. The second kappa shape index (κ2) is 6.58. The van der Waals surface area contributed by atoms with Gasteiger partial charge in [0, 0.05) is 34.3 Å². The molecule has 0 rings (SSSR count). The van der Waals surface area contributed by atoms with Crippen molar-refractivity contribution in [3.63, 3.8) is 0 Å². The third-order valence-electron chi connectivity index (χ3n) is 1.60. The first-order chi connectivity index (χ1) is 5.22. The van der Waals surface area contributed by atoms with Crippen LogP contribution in [-0.4, -0.2) is 50.9 Å². The zero-order chi connectivity index (χ0) is 8.69. The van der Waals surface area contributed by atoms with Gasteiger partial charge in [-0.1, -0.05) is 6.92 Å². The van der Waals surface area contributed by atoms with E-state index in [9.17, 15) is 0 Å². The number of hydrazine groups is 1. The van der Waals surface area contributed by atoms with Crippen LogP contribution in [0.4, 0.5) is 0 Å². The predicted molar refractivity (Wildman–Crippen MR) is 47.4 cm³/mol. The van der Waals surface area contributed by atoms with Gasteiger partial charge in [0.05, 0.1) is 6.61 Å². The minimum absolute atomic E-state index is 0.804. The number of methoxy groups -OCH3 is 1. The molecule has 3 heteroatoms. The molecule has 0 radical (unpaired) electrons. The van der Waals surface area contributed by atoms with Crippen molar-refractivity contribution in [3.05, 3.63) is 0 Å². The number of nitrogens with zero attached hydrogens (tertiary/aromatic N) is 2. The third kappa shape index (κ3) is 5.18. The van der Waals surface area contributed by atoms with E-state index in [-0.39, 0.29) is 0 Å². The predicted octanol–water partition coefficient (Wildman–Crippen LogP) is 0.821. The van der Waals surface area contributed by atoms with E-state index >= 15 is 0 Å². The Hall–Kier alpha value is -0.120. The smallest absolute Gasteiger partial charge is 0.0603 e. The van der Waals surface area contributed by atoms with Gasteiger partial charge in [-0.25, -0.2) is 10.0 Å². The van der Waals surface area contributed by atoms with E-state index in [0.717, 1.165) is 19.7 Å². The van der Waals surface area contributed by atoms with Crippen LogP contribution in [0.2, 0.25) is 0 Å². The van der Waals surface area contributed by atoms with Crippen LogP contribution >= 0.6 is 0 Å². The first-order valence-corrected chi connectivity index (χ1v) is 4.13. The van der Waals surface area contributed by atoms with Crippen LogP contribution in [0.15, 0.2) is 0 Å². The van der Waals surface area contributed by atoms with Crippen molar-refractivity contribution in [2.24, 2.45) is 0 Å². The van der Waals surface area contributed by atoms with Crippen molar-refractivity contribution in [1.82, 2.24) is 10.0 Å². The standard InChI is InChI=1S/C8H20N2O/c1-5-6-10(9(2)3)7-8-11-4/h5-8H2,1-4H3. The molecule has 0 bridgehead atoms. The highest BCUT2D eigenvalue weighted by molar-refractivity contribution is 4.48. The van der Waals surface area contributed by atoms with Crippen molar-refractivity contribution < 1.29 is 4.74 Å². The van der Waals surface area contributed by atoms with Crippen LogP contribution in [0.25, 0.3) is 0 Å². The highest BCUT2D eigenvalue weighted by atomic mass is 16.5. The van der Waals surface area contributed by atoms with Crippen LogP contribution in [0.3, 0.4) is 0 Å². The van der Waals surface area contributed by atoms with Gasteiger partial charge >= 0.3 is 0 Å². The largest absolute Gasteiger partial charge is 0.383 e. The molecule has 68 valence electrons. The van der Waals surface area contributed by atoms with Gasteiger partial charge in [0.1, 0.15) is 0 Å². The summed E-state index contributed by atoms with van der Waals surface area (Å²) in [5.41, 5.74) is 0. The van der Waals surface area contributed by atoms with Gasteiger partial charge in [0.15, 0.2) is 0 Å². The van der Waals surface area contributed by atoms with Gasteiger partial charge in [-0.3, -0.25) is 0 Å². The summed E-state index contributed by atoms with van der Waals surface area (Å²) in [4.78, 5) is 0. The SMILES string of the molecule is CCCN(CCOC)N(C)C. The lowest BCUT2D eigenvalue weighted by molar-refractivity contribution is 0.00324. The van der Waals surface area contributed by atoms with E-state index in [4.69, 9.17) is 4.74 Å². The Morgan fingerprint density at radius 3 is 2.18 bits per heavy atom. The number of hydrogen-bond acceptors (Lipinski definition) is 3. The highest BCUT2D eigenvalue weighted by Crippen LogP contribution is 1.93. The lowest BCUT2D eigenvalue weighted by Gasteiger charge is -2.27. The minimum Gasteiger partial charge on any atom is -0.383 e. The quantitative estimate of drug-likeness (QED) is 0.535. The maximum atomic E-state index is 5.00. The molecule has 0 saturated carbocycles. The van der Waals surface area contributed by atoms with Crippen molar-refractivity contribution >= 4 is 0 Å². The van der Waals surface area contributed by atoms with E-state index in [1.165, 1.54) is 6.42 Å². The van der Waals surface area contributed by atoms with Crippen molar-refractivity contribution in [2.45, 2.75) is 13.3 Å². The summed E-state index contributed by atoms with van der Waals surface area (Å²) in [5, 5.41) is 4.38. The van der Waals surface area contributed by atoms with Gasteiger partial charge in [0.2, 0.25) is 0 Å². The molecule has 0 amide bonds. The maximum absolute atomic E-state index is 5.00.